The second kappa shape index (κ2) is 10.3. The molecule has 100 valence electrons. The smallest absolute Gasteiger partial charge is 0.309 e. The molecule has 0 aliphatic carbocycles. The number of esters is 1. The third-order valence-electron chi connectivity index (χ3n) is 2.95. The molecular formula is C14H27NO2. The van der Waals surface area contributed by atoms with Gasteiger partial charge in [-0.3, -0.25) is 9.79 Å². The topological polar surface area (TPSA) is 38.7 Å². The quantitative estimate of drug-likeness (QED) is 0.351. The number of hydrogen-bond donors (Lipinski definition) is 0. The number of carbonyl (C=O) groups excluding carboxylic acids is 1. The average Bonchev–Trinajstić information content (AvgIpc) is 2.34. The molecule has 0 fully saturated rings. The first-order valence-electron chi connectivity index (χ1n) is 6.70. The first kappa shape index (κ1) is 16.1. The highest BCUT2D eigenvalue weighted by atomic mass is 16.5. The summed E-state index contributed by atoms with van der Waals surface area (Å²) in [5.74, 6) is -0.0789. The molecule has 0 radical (unpaired) electrons. The predicted octanol–water partition coefficient (Wildman–Crippen LogP) is 3.62. The van der Waals surface area contributed by atoms with Crippen LogP contribution in [-0.4, -0.2) is 25.3 Å². The van der Waals surface area contributed by atoms with Crippen LogP contribution in [-0.2, 0) is 9.53 Å². The van der Waals surface area contributed by atoms with E-state index >= 15 is 0 Å². The Balaban J connectivity index is 3.60. The normalized spacial score (nSPS) is 13.5. The lowest BCUT2D eigenvalue weighted by Crippen LogP contribution is -2.18. The van der Waals surface area contributed by atoms with Gasteiger partial charge in [-0.15, -0.1) is 0 Å². The van der Waals surface area contributed by atoms with E-state index in [9.17, 15) is 4.79 Å². The fraction of sp³-hybridized carbons (Fsp3) is 0.857. The van der Waals surface area contributed by atoms with Gasteiger partial charge in [0, 0.05) is 12.8 Å². The van der Waals surface area contributed by atoms with Gasteiger partial charge in [0.1, 0.15) is 6.61 Å². The number of ether oxygens (including phenoxy) is 1. The van der Waals surface area contributed by atoms with Crippen LogP contribution in [0.15, 0.2) is 4.99 Å². The first-order chi connectivity index (χ1) is 8.11. The summed E-state index contributed by atoms with van der Waals surface area (Å²) in [4.78, 5) is 15.6. The maximum Gasteiger partial charge on any atom is 0.309 e. The van der Waals surface area contributed by atoms with Gasteiger partial charge >= 0.3 is 5.97 Å². The largest absolute Gasteiger partial charge is 0.459 e. The standard InChI is InChI=1S/C14H27NO2/c1-5-6-7-8-9-10-12(2)14(16)17-11-13(3)15-4/h12H,5-11H2,1-4H3. The van der Waals surface area contributed by atoms with Crippen LogP contribution in [0.5, 0.6) is 0 Å². The van der Waals surface area contributed by atoms with Crippen molar-refractivity contribution in [2.75, 3.05) is 13.7 Å². The van der Waals surface area contributed by atoms with Gasteiger partial charge < -0.3 is 4.74 Å². The molecule has 0 saturated carbocycles. The number of nitrogens with zero attached hydrogens (tertiary/aromatic N) is 1. The van der Waals surface area contributed by atoms with Gasteiger partial charge in [0.05, 0.1) is 5.92 Å². The van der Waals surface area contributed by atoms with E-state index in [1.807, 2.05) is 13.8 Å². The van der Waals surface area contributed by atoms with Gasteiger partial charge in [0.25, 0.3) is 0 Å². The van der Waals surface area contributed by atoms with Crippen LogP contribution in [0.25, 0.3) is 0 Å². The fourth-order valence-corrected chi connectivity index (χ4v) is 1.55. The third-order valence-corrected chi connectivity index (χ3v) is 2.95. The number of carbonyl (C=O) groups is 1. The number of hydrogen-bond acceptors (Lipinski definition) is 3. The Morgan fingerprint density at radius 1 is 1.24 bits per heavy atom. The lowest BCUT2D eigenvalue weighted by atomic mass is 10.0. The second-order valence-electron chi connectivity index (χ2n) is 4.67. The van der Waals surface area contributed by atoms with Crippen LogP contribution in [0, 0.1) is 5.92 Å². The molecule has 0 aliphatic rings. The van der Waals surface area contributed by atoms with E-state index < -0.39 is 0 Å². The van der Waals surface area contributed by atoms with Crippen molar-refractivity contribution in [3.8, 4) is 0 Å². The predicted molar refractivity (Wildman–Crippen MR) is 72.5 cm³/mol. The zero-order valence-electron chi connectivity index (χ0n) is 11.8. The summed E-state index contributed by atoms with van der Waals surface area (Å²) in [6, 6.07) is 0. The molecule has 0 aromatic rings. The molecule has 3 heteroatoms. The van der Waals surface area contributed by atoms with Crippen molar-refractivity contribution in [3.05, 3.63) is 0 Å². The van der Waals surface area contributed by atoms with E-state index in [-0.39, 0.29) is 11.9 Å². The molecule has 17 heavy (non-hydrogen) atoms. The minimum atomic E-state index is -0.0940. The van der Waals surface area contributed by atoms with Gasteiger partial charge in [-0.05, 0) is 13.3 Å². The molecule has 0 N–H and O–H groups in total. The summed E-state index contributed by atoms with van der Waals surface area (Å²) >= 11 is 0. The van der Waals surface area contributed by atoms with E-state index in [4.69, 9.17) is 4.74 Å². The summed E-state index contributed by atoms with van der Waals surface area (Å²) in [6.07, 6.45) is 7.11. The summed E-state index contributed by atoms with van der Waals surface area (Å²) in [5, 5.41) is 0. The van der Waals surface area contributed by atoms with Gasteiger partial charge in [0.2, 0.25) is 0 Å². The number of unbranched alkanes of at least 4 members (excludes halogenated alkanes) is 4. The first-order valence-corrected chi connectivity index (χ1v) is 6.70. The maximum atomic E-state index is 11.6. The zero-order chi connectivity index (χ0) is 13.1. The van der Waals surface area contributed by atoms with Gasteiger partial charge in [0.15, 0.2) is 0 Å². The van der Waals surface area contributed by atoms with E-state index in [0.29, 0.717) is 6.61 Å². The van der Waals surface area contributed by atoms with E-state index in [2.05, 4.69) is 11.9 Å². The monoisotopic (exact) mass is 241 g/mol. The number of rotatable bonds is 9. The van der Waals surface area contributed by atoms with Crippen molar-refractivity contribution in [1.82, 2.24) is 0 Å². The highest BCUT2D eigenvalue weighted by Gasteiger charge is 2.13. The van der Waals surface area contributed by atoms with Crippen LogP contribution in [0.4, 0.5) is 0 Å². The molecule has 0 heterocycles. The Morgan fingerprint density at radius 3 is 2.47 bits per heavy atom. The Bertz CT molecular complexity index is 236. The Hall–Kier alpha value is -0.860. The minimum Gasteiger partial charge on any atom is -0.459 e. The molecule has 0 aromatic carbocycles. The van der Waals surface area contributed by atoms with Crippen molar-refractivity contribution < 1.29 is 9.53 Å². The zero-order valence-corrected chi connectivity index (χ0v) is 11.8. The Labute approximate surface area is 106 Å². The van der Waals surface area contributed by atoms with Crippen molar-refractivity contribution >= 4 is 11.7 Å². The molecule has 0 bridgehead atoms. The second-order valence-corrected chi connectivity index (χ2v) is 4.67. The van der Waals surface area contributed by atoms with Crippen molar-refractivity contribution in [2.24, 2.45) is 10.9 Å². The molecular weight excluding hydrogens is 214 g/mol. The molecule has 1 unspecified atom stereocenters. The highest BCUT2D eigenvalue weighted by molar-refractivity contribution is 5.85. The van der Waals surface area contributed by atoms with Crippen LogP contribution in [0.1, 0.15) is 59.3 Å². The van der Waals surface area contributed by atoms with Crippen molar-refractivity contribution in [2.45, 2.75) is 59.3 Å². The van der Waals surface area contributed by atoms with E-state index in [1.165, 1.54) is 25.7 Å². The van der Waals surface area contributed by atoms with Crippen LogP contribution in [0.2, 0.25) is 0 Å². The van der Waals surface area contributed by atoms with Crippen LogP contribution >= 0.6 is 0 Å². The summed E-state index contributed by atoms with van der Waals surface area (Å²) in [7, 11) is 1.71. The molecule has 0 saturated heterocycles. The lowest BCUT2D eigenvalue weighted by Gasteiger charge is -2.11. The van der Waals surface area contributed by atoms with Crippen molar-refractivity contribution in [3.63, 3.8) is 0 Å². The minimum absolute atomic E-state index is 0.0151. The van der Waals surface area contributed by atoms with Crippen LogP contribution in [0.3, 0.4) is 0 Å². The number of aliphatic imine (C=N–C) groups is 1. The van der Waals surface area contributed by atoms with Gasteiger partial charge in [-0.2, -0.15) is 0 Å². The fourth-order valence-electron chi connectivity index (χ4n) is 1.55. The van der Waals surface area contributed by atoms with E-state index in [0.717, 1.165) is 18.6 Å². The van der Waals surface area contributed by atoms with Crippen LogP contribution < -0.4 is 0 Å². The van der Waals surface area contributed by atoms with E-state index in [1.54, 1.807) is 7.05 Å². The molecule has 0 spiro atoms. The molecule has 0 rings (SSSR count). The summed E-state index contributed by atoms with van der Waals surface area (Å²) in [6.45, 7) is 6.34. The van der Waals surface area contributed by atoms with Crippen molar-refractivity contribution in [1.29, 1.82) is 0 Å². The summed E-state index contributed by atoms with van der Waals surface area (Å²) in [5.41, 5.74) is 0.855. The Morgan fingerprint density at radius 2 is 1.88 bits per heavy atom. The van der Waals surface area contributed by atoms with Gasteiger partial charge in [-0.1, -0.05) is 46.0 Å². The summed E-state index contributed by atoms with van der Waals surface area (Å²) < 4.78 is 5.16. The molecule has 1 atom stereocenters. The highest BCUT2D eigenvalue weighted by Crippen LogP contribution is 2.12. The maximum absolute atomic E-state index is 11.6. The van der Waals surface area contributed by atoms with Gasteiger partial charge in [-0.25, -0.2) is 0 Å². The molecule has 0 aromatic heterocycles. The SMILES string of the molecule is CCCCCCCC(C)C(=O)OCC(C)=NC. The average molecular weight is 241 g/mol. The molecule has 0 aliphatic heterocycles. The Kier molecular flexibility index (Phi) is 9.78. The lowest BCUT2D eigenvalue weighted by molar-refractivity contribution is -0.146. The molecule has 3 nitrogen and oxygen atoms in total. The third kappa shape index (κ3) is 8.90. The molecule has 0 amide bonds.